The lowest BCUT2D eigenvalue weighted by molar-refractivity contribution is 0.528. The highest BCUT2D eigenvalue weighted by molar-refractivity contribution is 5.81. The largest absolute Gasteiger partial charge is 0.419 e. The zero-order valence-electron chi connectivity index (χ0n) is 10.4. The van der Waals surface area contributed by atoms with Crippen LogP contribution in [0.25, 0.3) is 22.4 Å². The SMILES string of the molecule is Cc1nnc(-c2ccc3oc(=O)n(C)c3c2)c(N)n1. The molecule has 19 heavy (non-hydrogen) atoms. The van der Waals surface area contributed by atoms with Crippen LogP contribution >= 0.6 is 0 Å². The number of benzene rings is 1. The Labute approximate surface area is 107 Å². The molecule has 0 fully saturated rings. The third kappa shape index (κ3) is 1.75. The van der Waals surface area contributed by atoms with Crippen molar-refractivity contribution < 1.29 is 4.42 Å². The van der Waals surface area contributed by atoms with Crippen molar-refractivity contribution in [2.75, 3.05) is 5.73 Å². The molecule has 2 heterocycles. The lowest BCUT2D eigenvalue weighted by Crippen LogP contribution is -2.08. The summed E-state index contributed by atoms with van der Waals surface area (Å²) in [4.78, 5) is 15.5. The van der Waals surface area contributed by atoms with E-state index in [9.17, 15) is 4.79 Å². The van der Waals surface area contributed by atoms with Crippen LogP contribution in [0.2, 0.25) is 0 Å². The van der Waals surface area contributed by atoms with E-state index in [4.69, 9.17) is 10.2 Å². The van der Waals surface area contributed by atoms with E-state index in [2.05, 4.69) is 15.2 Å². The molecule has 0 saturated carbocycles. The molecule has 2 aromatic heterocycles. The predicted octanol–water partition coefficient (Wildman–Crippen LogP) is 0.874. The van der Waals surface area contributed by atoms with Crippen LogP contribution in [0.1, 0.15) is 5.82 Å². The molecule has 0 radical (unpaired) electrons. The molecule has 0 amide bonds. The van der Waals surface area contributed by atoms with Crippen LogP contribution in [0.15, 0.2) is 27.4 Å². The van der Waals surface area contributed by atoms with Crippen molar-refractivity contribution in [2.45, 2.75) is 6.92 Å². The highest BCUT2D eigenvalue weighted by Crippen LogP contribution is 2.24. The standard InChI is InChI=1S/C12H11N5O2/c1-6-14-11(13)10(16-15-6)7-3-4-9-8(5-7)17(2)12(18)19-9/h3-5H,1-2H3,(H2,13,14,15). The number of fused-ring (bicyclic) bond motifs is 1. The molecule has 2 N–H and O–H groups in total. The topological polar surface area (TPSA) is 99.8 Å². The maximum Gasteiger partial charge on any atom is 0.419 e. The minimum Gasteiger partial charge on any atom is -0.408 e. The maximum absolute atomic E-state index is 11.4. The molecular weight excluding hydrogens is 246 g/mol. The Morgan fingerprint density at radius 3 is 2.84 bits per heavy atom. The number of nitrogens with two attached hydrogens (primary N) is 1. The number of aryl methyl sites for hydroxylation is 2. The molecule has 0 spiro atoms. The molecule has 0 saturated heterocycles. The van der Waals surface area contributed by atoms with Gasteiger partial charge in [0.2, 0.25) is 0 Å². The minimum absolute atomic E-state index is 0.306. The van der Waals surface area contributed by atoms with Gasteiger partial charge in [-0.15, -0.1) is 10.2 Å². The Bertz CT molecular complexity index is 834. The normalized spacial score (nSPS) is 11.1. The second-order valence-corrected chi connectivity index (χ2v) is 4.20. The number of hydrogen-bond acceptors (Lipinski definition) is 6. The molecule has 3 rings (SSSR count). The number of aromatic nitrogens is 4. The highest BCUT2D eigenvalue weighted by Gasteiger charge is 2.11. The van der Waals surface area contributed by atoms with E-state index in [1.165, 1.54) is 4.57 Å². The molecule has 0 aliphatic rings. The summed E-state index contributed by atoms with van der Waals surface area (Å²) in [6.07, 6.45) is 0. The van der Waals surface area contributed by atoms with Crippen molar-refractivity contribution in [2.24, 2.45) is 7.05 Å². The molecule has 0 aliphatic carbocycles. The Morgan fingerprint density at radius 1 is 1.32 bits per heavy atom. The molecule has 7 heteroatoms. The van der Waals surface area contributed by atoms with Crippen molar-refractivity contribution >= 4 is 16.9 Å². The van der Waals surface area contributed by atoms with E-state index in [-0.39, 0.29) is 0 Å². The molecule has 1 aromatic carbocycles. The van der Waals surface area contributed by atoms with Crippen LogP contribution in [-0.4, -0.2) is 19.7 Å². The van der Waals surface area contributed by atoms with E-state index in [0.29, 0.717) is 28.4 Å². The smallest absolute Gasteiger partial charge is 0.408 e. The Kier molecular flexibility index (Phi) is 2.34. The second-order valence-electron chi connectivity index (χ2n) is 4.20. The summed E-state index contributed by atoms with van der Waals surface area (Å²) < 4.78 is 6.48. The average Bonchev–Trinajstić information content (AvgIpc) is 2.65. The van der Waals surface area contributed by atoms with Gasteiger partial charge in [0, 0.05) is 12.6 Å². The van der Waals surface area contributed by atoms with Gasteiger partial charge in [-0.1, -0.05) is 0 Å². The Balaban J connectivity index is 2.25. The monoisotopic (exact) mass is 257 g/mol. The summed E-state index contributed by atoms with van der Waals surface area (Å²) in [5.41, 5.74) is 8.25. The third-order valence-electron chi connectivity index (χ3n) is 2.88. The van der Waals surface area contributed by atoms with Crippen LogP contribution in [0.5, 0.6) is 0 Å². The van der Waals surface area contributed by atoms with Gasteiger partial charge < -0.3 is 10.2 Å². The number of anilines is 1. The molecule has 0 atom stereocenters. The zero-order valence-corrected chi connectivity index (χ0v) is 10.4. The second kappa shape index (κ2) is 3.91. The molecule has 3 aromatic rings. The van der Waals surface area contributed by atoms with Crippen LogP contribution in [0.4, 0.5) is 5.82 Å². The number of nitrogens with zero attached hydrogens (tertiary/aromatic N) is 4. The predicted molar refractivity (Wildman–Crippen MR) is 69.4 cm³/mol. The summed E-state index contributed by atoms with van der Waals surface area (Å²) in [6.45, 7) is 1.72. The van der Waals surface area contributed by atoms with Gasteiger partial charge in [-0.25, -0.2) is 9.78 Å². The van der Waals surface area contributed by atoms with Gasteiger partial charge in [-0.2, -0.15) is 0 Å². The molecular formula is C12H11N5O2. The quantitative estimate of drug-likeness (QED) is 0.694. The van der Waals surface area contributed by atoms with Crippen LogP contribution < -0.4 is 11.5 Å². The lowest BCUT2D eigenvalue weighted by atomic mass is 10.1. The van der Waals surface area contributed by atoms with Gasteiger partial charge in [-0.05, 0) is 25.1 Å². The van der Waals surface area contributed by atoms with E-state index < -0.39 is 5.76 Å². The summed E-state index contributed by atoms with van der Waals surface area (Å²) in [6, 6.07) is 5.24. The van der Waals surface area contributed by atoms with Crippen molar-refractivity contribution in [3.8, 4) is 11.3 Å². The fourth-order valence-corrected chi connectivity index (χ4v) is 1.90. The molecule has 0 unspecified atom stereocenters. The Hall–Kier alpha value is -2.70. The third-order valence-corrected chi connectivity index (χ3v) is 2.88. The fraction of sp³-hybridized carbons (Fsp3) is 0.167. The van der Waals surface area contributed by atoms with Gasteiger partial charge in [0.05, 0.1) is 5.52 Å². The summed E-state index contributed by atoms with van der Waals surface area (Å²) in [7, 11) is 1.64. The van der Waals surface area contributed by atoms with Crippen molar-refractivity contribution in [1.82, 2.24) is 19.7 Å². The van der Waals surface area contributed by atoms with Crippen molar-refractivity contribution in [3.63, 3.8) is 0 Å². The maximum atomic E-state index is 11.4. The molecule has 0 bridgehead atoms. The van der Waals surface area contributed by atoms with Gasteiger partial charge in [-0.3, -0.25) is 4.57 Å². The molecule has 0 aliphatic heterocycles. The van der Waals surface area contributed by atoms with Gasteiger partial charge in [0.1, 0.15) is 11.5 Å². The first kappa shape index (κ1) is 11.4. The van der Waals surface area contributed by atoms with E-state index >= 15 is 0 Å². The molecule has 96 valence electrons. The highest BCUT2D eigenvalue weighted by atomic mass is 16.4. The zero-order chi connectivity index (χ0) is 13.6. The summed E-state index contributed by atoms with van der Waals surface area (Å²) in [5.74, 6) is 0.409. The van der Waals surface area contributed by atoms with Crippen molar-refractivity contribution in [3.05, 3.63) is 34.6 Å². The first-order valence-electron chi connectivity index (χ1n) is 5.63. The average molecular weight is 257 g/mol. The number of hydrogen-bond donors (Lipinski definition) is 1. The van der Waals surface area contributed by atoms with E-state index in [1.807, 2.05) is 0 Å². The summed E-state index contributed by atoms with van der Waals surface area (Å²) in [5, 5.41) is 7.93. The lowest BCUT2D eigenvalue weighted by Gasteiger charge is -2.03. The van der Waals surface area contributed by atoms with E-state index in [0.717, 1.165) is 5.56 Å². The first-order valence-corrected chi connectivity index (χ1v) is 5.63. The number of rotatable bonds is 1. The number of nitrogen functional groups attached to an aromatic ring is 1. The Morgan fingerprint density at radius 2 is 2.11 bits per heavy atom. The first-order chi connectivity index (χ1) is 9.06. The van der Waals surface area contributed by atoms with Gasteiger partial charge >= 0.3 is 5.76 Å². The van der Waals surface area contributed by atoms with Crippen LogP contribution in [-0.2, 0) is 7.05 Å². The van der Waals surface area contributed by atoms with Crippen LogP contribution in [0, 0.1) is 6.92 Å². The van der Waals surface area contributed by atoms with Crippen molar-refractivity contribution in [1.29, 1.82) is 0 Å². The molecule has 7 nitrogen and oxygen atoms in total. The fourth-order valence-electron chi connectivity index (χ4n) is 1.90. The summed E-state index contributed by atoms with van der Waals surface area (Å²) >= 11 is 0. The van der Waals surface area contributed by atoms with Gasteiger partial charge in [0.25, 0.3) is 0 Å². The minimum atomic E-state index is -0.409. The van der Waals surface area contributed by atoms with Gasteiger partial charge in [0.15, 0.2) is 11.4 Å². The number of oxazole rings is 1. The van der Waals surface area contributed by atoms with Crippen LogP contribution in [0.3, 0.4) is 0 Å². The van der Waals surface area contributed by atoms with E-state index in [1.54, 1.807) is 32.2 Å².